The third-order valence-electron chi connectivity index (χ3n) is 2.15. The van der Waals surface area contributed by atoms with Gasteiger partial charge in [-0.15, -0.1) is 0 Å². The highest BCUT2D eigenvalue weighted by atomic mass is 79.9. The molecule has 0 aliphatic carbocycles. The van der Waals surface area contributed by atoms with Crippen LogP contribution in [0.4, 0.5) is 0 Å². The number of nitrogen functional groups attached to an aromatic ring is 1. The van der Waals surface area contributed by atoms with Gasteiger partial charge in [0.05, 0.1) is 0 Å². The lowest BCUT2D eigenvalue weighted by Crippen LogP contribution is -2.12. The molecule has 0 radical (unpaired) electrons. The summed E-state index contributed by atoms with van der Waals surface area (Å²) < 4.78 is 1.84. The standard InChI is InChI=1S/C12H9Br2N3S/c13-7-1-3-10(9(5-7)12(15)16)18-11-4-2-8(14)6-17-11/h1-6H,(H3,15,16). The van der Waals surface area contributed by atoms with E-state index in [4.69, 9.17) is 11.1 Å². The van der Waals surface area contributed by atoms with Gasteiger partial charge in [-0.3, -0.25) is 5.41 Å². The molecule has 0 saturated heterocycles. The first-order valence-corrected chi connectivity index (χ1v) is 7.40. The van der Waals surface area contributed by atoms with E-state index in [1.165, 1.54) is 11.8 Å². The van der Waals surface area contributed by atoms with Crippen LogP contribution in [0, 0.1) is 5.41 Å². The molecule has 1 aromatic heterocycles. The van der Waals surface area contributed by atoms with E-state index in [1.54, 1.807) is 6.20 Å². The maximum atomic E-state index is 7.59. The van der Waals surface area contributed by atoms with E-state index in [0.717, 1.165) is 18.9 Å². The molecule has 3 N–H and O–H groups in total. The Labute approximate surface area is 126 Å². The minimum atomic E-state index is 0.0518. The second-order valence-electron chi connectivity index (χ2n) is 3.47. The van der Waals surface area contributed by atoms with Gasteiger partial charge < -0.3 is 5.73 Å². The van der Waals surface area contributed by atoms with E-state index >= 15 is 0 Å². The van der Waals surface area contributed by atoms with Crippen molar-refractivity contribution in [1.29, 1.82) is 5.41 Å². The Balaban J connectivity index is 2.34. The van der Waals surface area contributed by atoms with Crippen LogP contribution in [0.2, 0.25) is 0 Å². The Bertz CT molecular complexity index is 584. The monoisotopic (exact) mass is 385 g/mol. The first kappa shape index (κ1) is 13.6. The predicted octanol–water partition coefficient (Wildman–Crippen LogP) is 4.04. The number of halogens is 2. The lowest BCUT2D eigenvalue weighted by atomic mass is 10.2. The molecule has 1 heterocycles. The van der Waals surface area contributed by atoms with E-state index in [1.807, 2.05) is 30.3 Å². The summed E-state index contributed by atoms with van der Waals surface area (Å²) in [6.07, 6.45) is 1.74. The number of nitrogens with two attached hydrogens (primary N) is 1. The van der Waals surface area contributed by atoms with Gasteiger partial charge in [-0.25, -0.2) is 4.98 Å². The number of nitrogens with one attached hydrogen (secondary N) is 1. The SMILES string of the molecule is N=C(N)c1cc(Br)ccc1Sc1ccc(Br)cn1. The molecule has 0 atom stereocenters. The van der Waals surface area contributed by atoms with Gasteiger partial charge in [-0.2, -0.15) is 0 Å². The van der Waals surface area contributed by atoms with Crippen LogP contribution in [0.5, 0.6) is 0 Å². The molecule has 2 aromatic rings. The fraction of sp³-hybridized carbons (Fsp3) is 0. The molecular formula is C12H9Br2N3S. The Morgan fingerprint density at radius 3 is 2.50 bits per heavy atom. The van der Waals surface area contributed by atoms with Gasteiger partial charge in [0.15, 0.2) is 0 Å². The summed E-state index contributed by atoms with van der Waals surface area (Å²) in [4.78, 5) is 5.21. The molecule has 0 spiro atoms. The molecule has 2 rings (SSSR count). The van der Waals surface area contributed by atoms with Crippen molar-refractivity contribution in [2.75, 3.05) is 0 Å². The molecule has 18 heavy (non-hydrogen) atoms. The first-order chi connectivity index (χ1) is 8.56. The maximum absolute atomic E-state index is 7.59. The highest BCUT2D eigenvalue weighted by Crippen LogP contribution is 2.31. The number of hydrogen-bond acceptors (Lipinski definition) is 3. The van der Waals surface area contributed by atoms with E-state index in [-0.39, 0.29) is 5.84 Å². The first-order valence-electron chi connectivity index (χ1n) is 4.99. The number of pyridine rings is 1. The van der Waals surface area contributed by atoms with Crippen LogP contribution in [0.15, 0.2) is 55.4 Å². The highest BCUT2D eigenvalue weighted by Gasteiger charge is 2.08. The fourth-order valence-corrected chi connectivity index (χ4v) is 2.81. The number of hydrogen-bond donors (Lipinski definition) is 2. The van der Waals surface area contributed by atoms with Crippen molar-refractivity contribution in [3.63, 3.8) is 0 Å². The smallest absolute Gasteiger partial charge is 0.123 e. The number of rotatable bonds is 3. The molecule has 0 aliphatic rings. The van der Waals surface area contributed by atoms with Crippen LogP contribution < -0.4 is 5.73 Å². The van der Waals surface area contributed by atoms with Crippen molar-refractivity contribution in [2.45, 2.75) is 9.92 Å². The van der Waals surface area contributed by atoms with Crippen LogP contribution in [0.25, 0.3) is 0 Å². The highest BCUT2D eigenvalue weighted by molar-refractivity contribution is 9.10. The van der Waals surface area contributed by atoms with Gasteiger partial charge in [0, 0.05) is 25.6 Å². The minimum Gasteiger partial charge on any atom is -0.384 e. The number of nitrogens with zero attached hydrogens (tertiary/aromatic N) is 1. The Kier molecular flexibility index (Phi) is 4.42. The van der Waals surface area contributed by atoms with Crippen LogP contribution >= 0.6 is 43.6 Å². The molecular weight excluding hydrogens is 378 g/mol. The molecule has 0 bridgehead atoms. The van der Waals surface area contributed by atoms with Crippen molar-refractivity contribution in [1.82, 2.24) is 4.98 Å². The van der Waals surface area contributed by atoms with Crippen LogP contribution in [0.1, 0.15) is 5.56 Å². The Morgan fingerprint density at radius 1 is 1.17 bits per heavy atom. The zero-order chi connectivity index (χ0) is 13.1. The third kappa shape index (κ3) is 3.34. The van der Waals surface area contributed by atoms with Crippen molar-refractivity contribution in [2.24, 2.45) is 5.73 Å². The van der Waals surface area contributed by atoms with Gasteiger partial charge in [0.1, 0.15) is 10.9 Å². The topological polar surface area (TPSA) is 62.8 Å². The molecule has 1 aromatic carbocycles. The van der Waals surface area contributed by atoms with E-state index in [2.05, 4.69) is 36.8 Å². The summed E-state index contributed by atoms with van der Waals surface area (Å²) >= 11 is 8.21. The van der Waals surface area contributed by atoms with Crippen LogP contribution in [-0.2, 0) is 0 Å². The molecule has 0 fully saturated rings. The average molecular weight is 387 g/mol. The van der Waals surface area contributed by atoms with Gasteiger partial charge >= 0.3 is 0 Å². The van der Waals surface area contributed by atoms with Crippen molar-refractivity contribution in [3.8, 4) is 0 Å². The van der Waals surface area contributed by atoms with E-state index in [9.17, 15) is 0 Å². The molecule has 3 nitrogen and oxygen atoms in total. The van der Waals surface area contributed by atoms with Crippen molar-refractivity contribution < 1.29 is 0 Å². The lowest BCUT2D eigenvalue weighted by Gasteiger charge is -2.08. The summed E-state index contributed by atoms with van der Waals surface area (Å²) in [7, 11) is 0. The van der Waals surface area contributed by atoms with Gasteiger partial charge in [0.25, 0.3) is 0 Å². The van der Waals surface area contributed by atoms with Gasteiger partial charge in [-0.05, 0) is 46.3 Å². The number of amidine groups is 1. The van der Waals surface area contributed by atoms with E-state index < -0.39 is 0 Å². The second-order valence-corrected chi connectivity index (χ2v) is 6.36. The van der Waals surface area contributed by atoms with Gasteiger partial charge in [0.2, 0.25) is 0 Å². The van der Waals surface area contributed by atoms with E-state index in [0.29, 0.717) is 5.56 Å². The van der Waals surface area contributed by atoms with Gasteiger partial charge in [-0.1, -0.05) is 27.7 Å². The summed E-state index contributed by atoms with van der Waals surface area (Å²) in [5.41, 5.74) is 6.29. The second kappa shape index (κ2) is 5.86. The zero-order valence-corrected chi connectivity index (χ0v) is 13.1. The minimum absolute atomic E-state index is 0.0518. The van der Waals surface area contributed by atoms with Crippen LogP contribution in [-0.4, -0.2) is 10.8 Å². The molecule has 0 amide bonds. The number of aromatic nitrogens is 1. The normalized spacial score (nSPS) is 10.3. The summed E-state index contributed by atoms with van der Waals surface area (Å²) in [6.45, 7) is 0. The summed E-state index contributed by atoms with van der Waals surface area (Å²) in [5.74, 6) is 0.0518. The van der Waals surface area contributed by atoms with Crippen molar-refractivity contribution >= 4 is 49.5 Å². The Hall–Kier alpha value is -0.850. The molecule has 0 saturated carbocycles. The third-order valence-corrected chi connectivity index (χ3v) is 4.14. The quantitative estimate of drug-likeness (QED) is 0.618. The molecule has 92 valence electrons. The molecule has 0 aliphatic heterocycles. The Morgan fingerprint density at radius 2 is 1.89 bits per heavy atom. The zero-order valence-electron chi connectivity index (χ0n) is 9.15. The largest absolute Gasteiger partial charge is 0.384 e. The molecule has 0 unspecified atom stereocenters. The molecule has 6 heteroatoms. The lowest BCUT2D eigenvalue weighted by molar-refractivity contribution is 1.12. The maximum Gasteiger partial charge on any atom is 0.123 e. The predicted molar refractivity (Wildman–Crippen MR) is 81.2 cm³/mol. The van der Waals surface area contributed by atoms with Crippen LogP contribution in [0.3, 0.4) is 0 Å². The summed E-state index contributed by atoms with van der Waals surface area (Å²) in [5, 5.41) is 8.45. The average Bonchev–Trinajstić information content (AvgIpc) is 2.34. The fourth-order valence-electron chi connectivity index (χ4n) is 1.34. The van der Waals surface area contributed by atoms with Crippen molar-refractivity contribution in [3.05, 3.63) is 51.0 Å². The number of benzene rings is 1. The summed E-state index contributed by atoms with van der Waals surface area (Å²) in [6, 6.07) is 9.54.